The van der Waals surface area contributed by atoms with Crippen LogP contribution in [0.25, 0.3) is 0 Å². The summed E-state index contributed by atoms with van der Waals surface area (Å²) in [6, 6.07) is 17.6. The quantitative estimate of drug-likeness (QED) is 0.261. The third-order valence-electron chi connectivity index (χ3n) is 10.2. The van der Waals surface area contributed by atoms with E-state index in [1.54, 1.807) is 5.56 Å². The third kappa shape index (κ3) is 6.19. The van der Waals surface area contributed by atoms with Gasteiger partial charge in [0.15, 0.2) is 0 Å². The van der Waals surface area contributed by atoms with Crippen molar-refractivity contribution in [2.24, 2.45) is 5.92 Å². The number of rotatable bonds is 13. The average Bonchev–Trinajstić information content (AvgIpc) is 3.22. The maximum Gasteiger partial charge on any atom is 0.119 e. The SMILES string of the molecule is CC(C)(C)c1ccc2c(c1)C13CCCCC1CCCC3(CCCCOCCCCCCOc1ccccc1)N2. The Labute approximate surface area is 238 Å². The summed E-state index contributed by atoms with van der Waals surface area (Å²) >= 11 is 0. The van der Waals surface area contributed by atoms with E-state index in [9.17, 15) is 0 Å². The second kappa shape index (κ2) is 12.7. The van der Waals surface area contributed by atoms with E-state index in [0.717, 1.165) is 44.3 Å². The van der Waals surface area contributed by atoms with E-state index < -0.39 is 0 Å². The van der Waals surface area contributed by atoms with Gasteiger partial charge < -0.3 is 14.8 Å². The van der Waals surface area contributed by atoms with Crippen LogP contribution in [0.5, 0.6) is 5.75 Å². The maximum absolute atomic E-state index is 6.08. The van der Waals surface area contributed by atoms with Crippen molar-refractivity contribution in [3.8, 4) is 5.75 Å². The molecule has 2 saturated carbocycles. The largest absolute Gasteiger partial charge is 0.494 e. The number of fused-ring (bicyclic) bond motifs is 1. The Hall–Kier alpha value is -2.00. The number of unbranched alkanes of at least 4 members (excludes halogenated alkanes) is 4. The lowest BCUT2D eigenvalue weighted by Crippen LogP contribution is -2.59. The summed E-state index contributed by atoms with van der Waals surface area (Å²) in [5.74, 6) is 1.82. The molecule has 2 aromatic carbocycles. The molecule has 2 aliphatic carbocycles. The number of para-hydroxylation sites is 1. The van der Waals surface area contributed by atoms with E-state index in [1.807, 2.05) is 30.3 Å². The summed E-state index contributed by atoms with van der Waals surface area (Å²) < 4.78 is 11.9. The Morgan fingerprint density at radius 1 is 0.795 bits per heavy atom. The van der Waals surface area contributed by atoms with Crippen LogP contribution in [-0.2, 0) is 15.6 Å². The van der Waals surface area contributed by atoms with Gasteiger partial charge >= 0.3 is 0 Å². The van der Waals surface area contributed by atoms with Crippen molar-refractivity contribution in [1.29, 1.82) is 0 Å². The molecule has 39 heavy (non-hydrogen) atoms. The van der Waals surface area contributed by atoms with Crippen LogP contribution in [0.15, 0.2) is 48.5 Å². The molecule has 3 heteroatoms. The van der Waals surface area contributed by atoms with Crippen LogP contribution < -0.4 is 10.1 Å². The molecule has 3 aliphatic rings. The van der Waals surface area contributed by atoms with Crippen LogP contribution in [0.2, 0.25) is 0 Å². The molecule has 1 spiro atoms. The molecule has 2 aromatic rings. The van der Waals surface area contributed by atoms with Crippen LogP contribution in [0.1, 0.15) is 122 Å². The molecule has 1 N–H and O–H groups in total. The molecule has 0 amide bonds. The molecule has 3 nitrogen and oxygen atoms in total. The maximum atomic E-state index is 6.08. The van der Waals surface area contributed by atoms with Crippen molar-refractivity contribution in [1.82, 2.24) is 0 Å². The Bertz CT molecular complexity index is 1040. The van der Waals surface area contributed by atoms with Crippen molar-refractivity contribution in [2.45, 2.75) is 127 Å². The normalized spacial score (nSPS) is 25.9. The van der Waals surface area contributed by atoms with Crippen LogP contribution in [0.4, 0.5) is 5.69 Å². The van der Waals surface area contributed by atoms with Crippen molar-refractivity contribution < 1.29 is 9.47 Å². The fraction of sp³-hybridized carbons (Fsp3) is 0.667. The number of hydrogen-bond acceptors (Lipinski definition) is 3. The first kappa shape index (κ1) is 28.5. The molecular formula is C36H53NO2. The van der Waals surface area contributed by atoms with Gasteiger partial charge in [0.05, 0.1) is 6.61 Å². The van der Waals surface area contributed by atoms with Gasteiger partial charge in [-0.1, -0.05) is 76.8 Å². The predicted molar refractivity (Wildman–Crippen MR) is 164 cm³/mol. The van der Waals surface area contributed by atoms with Gasteiger partial charge in [0.25, 0.3) is 0 Å². The second-order valence-electron chi connectivity index (χ2n) is 13.7. The minimum Gasteiger partial charge on any atom is -0.494 e. The lowest BCUT2D eigenvalue weighted by molar-refractivity contribution is 0.0491. The van der Waals surface area contributed by atoms with Gasteiger partial charge in [-0.05, 0) is 105 Å². The fourth-order valence-electron chi connectivity index (χ4n) is 8.18. The zero-order chi connectivity index (χ0) is 27.2. The Morgan fingerprint density at radius 3 is 2.33 bits per heavy atom. The summed E-state index contributed by atoms with van der Waals surface area (Å²) in [6.45, 7) is 9.70. The lowest BCUT2D eigenvalue weighted by Gasteiger charge is -2.57. The van der Waals surface area contributed by atoms with Gasteiger partial charge in [0, 0.05) is 29.9 Å². The number of hydrogen-bond donors (Lipinski definition) is 1. The molecule has 3 atom stereocenters. The first-order chi connectivity index (χ1) is 18.9. The minimum absolute atomic E-state index is 0.197. The van der Waals surface area contributed by atoms with Crippen molar-refractivity contribution in [3.63, 3.8) is 0 Å². The fourth-order valence-corrected chi connectivity index (χ4v) is 8.18. The van der Waals surface area contributed by atoms with Crippen LogP contribution in [0.3, 0.4) is 0 Å². The van der Waals surface area contributed by atoms with Gasteiger partial charge in [-0.2, -0.15) is 0 Å². The predicted octanol–water partition coefficient (Wildman–Crippen LogP) is 9.59. The van der Waals surface area contributed by atoms with E-state index >= 15 is 0 Å². The number of ether oxygens (including phenoxy) is 2. The smallest absolute Gasteiger partial charge is 0.119 e. The highest BCUT2D eigenvalue weighted by Gasteiger charge is 2.62. The van der Waals surface area contributed by atoms with Gasteiger partial charge in [0.1, 0.15) is 5.75 Å². The second-order valence-corrected chi connectivity index (χ2v) is 13.7. The van der Waals surface area contributed by atoms with Gasteiger partial charge in [-0.3, -0.25) is 0 Å². The van der Waals surface area contributed by atoms with E-state index in [1.165, 1.54) is 88.3 Å². The standard InChI is InChI=1S/C36H53NO2/c1-34(2,3)30-20-21-33-32(28-30)36-24-10-9-16-29(36)17-15-23-35(36,37-33)22-11-14-26-38-25-12-4-5-13-27-39-31-18-7-6-8-19-31/h6-8,18-21,28-29,37H,4-5,9-17,22-27H2,1-3H3. The molecule has 0 radical (unpaired) electrons. The Morgan fingerprint density at radius 2 is 1.54 bits per heavy atom. The summed E-state index contributed by atoms with van der Waals surface area (Å²) in [6.07, 6.45) is 18.2. The topological polar surface area (TPSA) is 30.5 Å². The molecule has 1 heterocycles. The molecule has 3 unspecified atom stereocenters. The molecular weight excluding hydrogens is 478 g/mol. The third-order valence-corrected chi connectivity index (χ3v) is 10.2. The highest BCUT2D eigenvalue weighted by Crippen LogP contribution is 2.64. The van der Waals surface area contributed by atoms with Crippen LogP contribution >= 0.6 is 0 Å². The Kier molecular flexibility index (Phi) is 9.27. The Balaban J connectivity index is 1.07. The summed E-state index contributed by atoms with van der Waals surface area (Å²) in [7, 11) is 0. The minimum atomic E-state index is 0.197. The molecule has 2 fully saturated rings. The number of benzene rings is 2. The monoisotopic (exact) mass is 531 g/mol. The number of anilines is 1. The zero-order valence-corrected chi connectivity index (χ0v) is 25.0. The first-order valence-electron chi connectivity index (χ1n) is 16.1. The van der Waals surface area contributed by atoms with Crippen LogP contribution in [0, 0.1) is 5.92 Å². The summed E-state index contributed by atoms with van der Waals surface area (Å²) in [4.78, 5) is 0. The van der Waals surface area contributed by atoms with E-state index in [2.05, 4.69) is 44.3 Å². The first-order valence-corrected chi connectivity index (χ1v) is 16.1. The molecule has 0 aromatic heterocycles. The molecule has 214 valence electrons. The van der Waals surface area contributed by atoms with E-state index in [-0.39, 0.29) is 11.0 Å². The molecule has 1 aliphatic heterocycles. The van der Waals surface area contributed by atoms with E-state index in [4.69, 9.17) is 9.47 Å². The summed E-state index contributed by atoms with van der Waals surface area (Å²) in [5, 5.41) is 4.21. The number of nitrogens with one attached hydrogen (secondary N) is 1. The molecule has 0 saturated heterocycles. The highest BCUT2D eigenvalue weighted by atomic mass is 16.5. The lowest BCUT2D eigenvalue weighted by atomic mass is 9.49. The van der Waals surface area contributed by atoms with E-state index in [0.29, 0.717) is 5.41 Å². The van der Waals surface area contributed by atoms with Crippen LogP contribution in [-0.4, -0.2) is 25.4 Å². The zero-order valence-electron chi connectivity index (χ0n) is 25.0. The van der Waals surface area contributed by atoms with Crippen molar-refractivity contribution in [3.05, 3.63) is 59.7 Å². The van der Waals surface area contributed by atoms with Gasteiger partial charge in [-0.15, -0.1) is 0 Å². The summed E-state index contributed by atoms with van der Waals surface area (Å²) in [5.41, 5.74) is 5.40. The molecule has 5 rings (SSSR count). The van der Waals surface area contributed by atoms with Gasteiger partial charge in [-0.25, -0.2) is 0 Å². The van der Waals surface area contributed by atoms with Gasteiger partial charge in [0.2, 0.25) is 0 Å². The highest BCUT2D eigenvalue weighted by molar-refractivity contribution is 5.67. The van der Waals surface area contributed by atoms with Crippen molar-refractivity contribution >= 4 is 5.69 Å². The van der Waals surface area contributed by atoms with Crippen molar-refractivity contribution in [2.75, 3.05) is 25.1 Å². The molecule has 0 bridgehead atoms. The average molecular weight is 532 g/mol.